The fourth-order valence-electron chi connectivity index (χ4n) is 2.74. The lowest BCUT2D eigenvalue weighted by Crippen LogP contribution is -2.38. The lowest BCUT2D eigenvalue weighted by molar-refractivity contribution is -0.0127. The maximum atomic E-state index is 5.87. The van der Waals surface area contributed by atoms with Crippen LogP contribution in [0.1, 0.15) is 17.2 Å². The first-order valence-electron chi connectivity index (χ1n) is 7.04. The molecular weight excluding hydrogens is 248 g/mol. The molecule has 0 aromatic heterocycles. The van der Waals surface area contributed by atoms with E-state index >= 15 is 0 Å². The molecule has 2 N–H and O–H groups in total. The number of nitrogens with zero attached hydrogens (tertiary/aromatic N) is 1. The number of hydrogen-bond acceptors (Lipinski definition) is 3. The molecule has 1 fully saturated rings. The summed E-state index contributed by atoms with van der Waals surface area (Å²) in [6.45, 7) is 3.42. The Labute approximate surface area is 120 Å². The fraction of sp³-hybridized carbons (Fsp3) is 0.294. The minimum absolute atomic E-state index is 0.325. The molecule has 0 spiro atoms. The van der Waals surface area contributed by atoms with Crippen LogP contribution in [-0.4, -0.2) is 24.7 Å². The van der Waals surface area contributed by atoms with Crippen molar-refractivity contribution in [1.82, 2.24) is 4.90 Å². The van der Waals surface area contributed by atoms with Gasteiger partial charge in [-0.2, -0.15) is 0 Å². The molecule has 3 heteroatoms. The number of ether oxygens (including phenoxy) is 1. The summed E-state index contributed by atoms with van der Waals surface area (Å²) in [5, 5.41) is 0. The number of benzene rings is 2. The maximum absolute atomic E-state index is 5.87. The average molecular weight is 268 g/mol. The van der Waals surface area contributed by atoms with Crippen molar-refractivity contribution >= 4 is 5.69 Å². The molecule has 1 heterocycles. The molecule has 3 rings (SSSR count). The van der Waals surface area contributed by atoms with Gasteiger partial charge in [0.2, 0.25) is 0 Å². The first-order valence-corrected chi connectivity index (χ1v) is 7.04. The molecule has 20 heavy (non-hydrogen) atoms. The molecule has 0 bridgehead atoms. The van der Waals surface area contributed by atoms with Gasteiger partial charge >= 0.3 is 0 Å². The van der Waals surface area contributed by atoms with Gasteiger partial charge in [-0.3, -0.25) is 4.90 Å². The largest absolute Gasteiger partial charge is 0.399 e. The molecule has 1 aliphatic heterocycles. The van der Waals surface area contributed by atoms with Gasteiger partial charge in [0.1, 0.15) is 0 Å². The van der Waals surface area contributed by atoms with E-state index in [0.29, 0.717) is 6.04 Å². The maximum Gasteiger partial charge on any atom is 0.0664 e. The van der Waals surface area contributed by atoms with Gasteiger partial charge in [0, 0.05) is 18.8 Å². The quantitative estimate of drug-likeness (QED) is 0.870. The Kier molecular flexibility index (Phi) is 4.00. The Balaban J connectivity index is 1.79. The van der Waals surface area contributed by atoms with E-state index in [0.717, 1.165) is 32.0 Å². The van der Waals surface area contributed by atoms with Crippen LogP contribution < -0.4 is 5.73 Å². The van der Waals surface area contributed by atoms with Crippen molar-refractivity contribution in [3.63, 3.8) is 0 Å². The zero-order valence-corrected chi connectivity index (χ0v) is 11.5. The topological polar surface area (TPSA) is 38.5 Å². The van der Waals surface area contributed by atoms with E-state index in [2.05, 4.69) is 47.4 Å². The molecule has 1 aliphatic rings. The van der Waals surface area contributed by atoms with Crippen LogP contribution in [0.5, 0.6) is 0 Å². The monoisotopic (exact) mass is 268 g/mol. The van der Waals surface area contributed by atoms with Gasteiger partial charge < -0.3 is 10.5 Å². The summed E-state index contributed by atoms with van der Waals surface area (Å²) < 4.78 is 5.66. The van der Waals surface area contributed by atoms with Crippen molar-refractivity contribution in [2.45, 2.75) is 12.6 Å². The molecule has 2 aromatic carbocycles. The van der Waals surface area contributed by atoms with Crippen molar-refractivity contribution in [3.05, 3.63) is 65.7 Å². The van der Waals surface area contributed by atoms with Crippen LogP contribution in [0.2, 0.25) is 0 Å². The van der Waals surface area contributed by atoms with Gasteiger partial charge in [-0.05, 0) is 23.3 Å². The van der Waals surface area contributed by atoms with Crippen molar-refractivity contribution in [1.29, 1.82) is 0 Å². The Morgan fingerprint density at radius 1 is 1.10 bits per heavy atom. The van der Waals surface area contributed by atoms with Crippen molar-refractivity contribution in [2.75, 3.05) is 25.5 Å². The number of nitrogens with two attached hydrogens (primary N) is 1. The summed E-state index contributed by atoms with van der Waals surface area (Å²) >= 11 is 0. The first kappa shape index (κ1) is 13.2. The van der Waals surface area contributed by atoms with Gasteiger partial charge in [-0.1, -0.05) is 42.5 Å². The molecular formula is C17H20N2O. The standard InChI is InChI=1S/C17H20N2O/c18-16-8-4-5-14(11-16)12-19-9-10-20-13-17(19)15-6-2-1-3-7-15/h1-8,11,17H,9-10,12-13,18H2. The Bertz CT molecular complexity index is 556. The van der Waals surface area contributed by atoms with Gasteiger partial charge in [0.15, 0.2) is 0 Å². The summed E-state index contributed by atoms with van der Waals surface area (Å²) in [6.07, 6.45) is 0. The summed E-state index contributed by atoms with van der Waals surface area (Å²) in [6, 6.07) is 19.0. The second kappa shape index (κ2) is 6.07. The highest BCUT2D eigenvalue weighted by molar-refractivity contribution is 5.40. The third kappa shape index (κ3) is 3.00. The third-order valence-electron chi connectivity index (χ3n) is 3.76. The molecule has 0 amide bonds. The second-order valence-electron chi connectivity index (χ2n) is 5.22. The first-order chi connectivity index (χ1) is 9.83. The average Bonchev–Trinajstić information content (AvgIpc) is 2.49. The van der Waals surface area contributed by atoms with Crippen LogP contribution in [-0.2, 0) is 11.3 Å². The number of morpholine rings is 1. The van der Waals surface area contributed by atoms with Crippen molar-refractivity contribution in [3.8, 4) is 0 Å². The SMILES string of the molecule is Nc1cccc(CN2CCOCC2c2ccccc2)c1. The lowest BCUT2D eigenvalue weighted by atomic mass is 10.0. The number of rotatable bonds is 3. The van der Waals surface area contributed by atoms with Crippen LogP contribution >= 0.6 is 0 Å². The summed E-state index contributed by atoms with van der Waals surface area (Å²) in [5.74, 6) is 0. The Hall–Kier alpha value is -1.84. The zero-order valence-electron chi connectivity index (χ0n) is 11.5. The summed E-state index contributed by atoms with van der Waals surface area (Å²) in [7, 11) is 0. The molecule has 3 nitrogen and oxygen atoms in total. The van der Waals surface area contributed by atoms with Crippen LogP contribution in [0.25, 0.3) is 0 Å². The van der Waals surface area contributed by atoms with Crippen LogP contribution in [0.4, 0.5) is 5.69 Å². The predicted molar refractivity (Wildman–Crippen MR) is 81.3 cm³/mol. The summed E-state index contributed by atoms with van der Waals surface area (Å²) in [4.78, 5) is 2.47. The molecule has 1 saturated heterocycles. The molecule has 1 atom stereocenters. The smallest absolute Gasteiger partial charge is 0.0664 e. The minimum Gasteiger partial charge on any atom is -0.399 e. The molecule has 0 radical (unpaired) electrons. The van der Waals surface area contributed by atoms with E-state index in [-0.39, 0.29) is 0 Å². The third-order valence-corrected chi connectivity index (χ3v) is 3.76. The lowest BCUT2D eigenvalue weighted by Gasteiger charge is -2.36. The highest BCUT2D eigenvalue weighted by Crippen LogP contribution is 2.26. The van der Waals surface area contributed by atoms with Crippen molar-refractivity contribution in [2.24, 2.45) is 0 Å². The fourth-order valence-corrected chi connectivity index (χ4v) is 2.74. The number of anilines is 1. The van der Waals surface area contributed by atoms with Gasteiger partial charge in [0.05, 0.1) is 19.3 Å². The predicted octanol–water partition coefficient (Wildman–Crippen LogP) is 2.84. The molecule has 2 aromatic rings. The molecule has 1 unspecified atom stereocenters. The van der Waals surface area contributed by atoms with Crippen LogP contribution in [0.15, 0.2) is 54.6 Å². The van der Waals surface area contributed by atoms with E-state index in [1.165, 1.54) is 11.1 Å². The Morgan fingerprint density at radius 3 is 2.75 bits per heavy atom. The Morgan fingerprint density at radius 2 is 1.95 bits per heavy atom. The van der Waals surface area contributed by atoms with Gasteiger partial charge in [0.25, 0.3) is 0 Å². The minimum atomic E-state index is 0.325. The van der Waals surface area contributed by atoms with Gasteiger partial charge in [-0.15, -0.1) is 0 Å². The zero-order chi connectivity index (χ0) is 13.8. The molecule has 104 valence electrons. The normalized spacial score (nSPS) is 19.9. The number of nitrogen functional groups attached to an aromatic ring is 1. The van der Waals surface area contributed by atoms with Crippen LogP contribution in [0, 0.1) is 0 Å². The van der Waals surface area contributed by atoms with Crippen LogP contribution in [0.3, 0.4) is 0 Å². The highest BCUT2D eigenvalue weighted by atomic mass is 16.5. The second-order valence-corrected chi connectivity index (χ2v) is 5.22. The van der Waals surface area contributed by atoms with E-state index in [1.807, 2.05) is 12.1 Å². The number of hydrogen-bond donors (Lipinski definition) is 1. The van der Waals surface area contributed by atoms with E-state index in [1.54, 1.807) is 0 Å². The summed E-state index contributed by atoms with van der Waals surface area (Å²) in [5.41, 5.74) is 9.27. The highest BCUT2D eigenvalue weighted by Gasteiger charge is 2.24. The van der Waals surface area contributed by atoms with E-state index in [9.17, 15) is 0 Å². The van der Waals surface area contributed by atoms with Gasteiger partial charge in [-0.25, -0.2) is 0 Å². The molecule has 0 saturated carbocycles. The molecule has 0 aliphatic carbocycles. The van der Waals surface area contributed by atoms with E-state index < -0.39 is 0 Å². The van der Waals surface area contributed by atoms with E-state index in [4.69, 9.17) is 10.5 Å². The van der Waals surface area contributed by atoms with Crippen molar-refractivity contribution < 1.29 is 4.74 Å².